The highest BCUT2D eigenvalue weighted by Gasteiger charge is 2.22. The van der Waals surface area contributed by atoms with E-state index in [0.29, 0.717) is 6.54 Å². The molecule has 8 nitrogen and oxygen atoms in total. The number of hydrogen-bond acceptors (Lipinski definition) is 5. The van der Waals surface area contributed by atoms with E-state index in [1.165, 1.54) is 19.2 Å². The van der Waals surface area contributed by atoms with Crippen LogP contribution in [0.15, 0.2) is 29.2 Å². The van der Waals surface area contributed by atoms with Crippen molar-refractivity contribution in [3.63, 3.8) is 0 Å². The second-order valence-electron chi connectivity index (χ2n) is 6.16. The van der Waals surface area contributed by atoms with Crippen molar-refractivity contribution in [3.05, 3.63) is 29.8 Å². The summed E-state index contributed by atoms with van der Waals surface area (Å²) in [5, 5.41) is 3.23. The van der Waals surface area contributed by atoms with E-state index in [9.17, 15) is 13.2 Å². The van der Waals surface area contributed by atoms with Gasteiger partial charge in [0.05, 0.1) is 11.4 Å². The molecule has 0 heterocycles. The monoisotopic (exact) mass is 401 g/mol. The van der Waals surface area contributed by atoms with Crippen molar-refractivity contribution in [2.75, 3.05) is 40.8 Å². The number of rotatable bonds is 8. The third-order valence-corrected chi connectivity index (χ3v) is 5.54. The topological polar surface area (TPSA) is 93.8 Å². The van der Waals surface area contributed by atoms with E-state index < -0.39 is 15.9 Å². The number of sulfonamides is 1. The van der Waals surface area contributed by atoms with Gasteiger partial charge in [-0.15, -0.1) is 0 Å². The normalized spacial score (nSPS) is 11.5. The first-order chi connectivity index (χ1) is 12.1. The molecule has 1 amide bonds. The predicted octanol–water partition coefficient (Wildman–Crippen LogP) is 0.0625. The van der Waals surface area contributed by atoms with Gasteiger partial charge in [0, 0.05) is 13.6 Å². The number of thiocarbonyl (C=S) groups is 1. The van der Waals surface area contributed by atoms with Crippen LogP contribution in [0.25, 0.3) is 0 Å². The van der Waals surface area contributed by atoms with Gasteiger partial charge >= 0.3 is 0 Å². The van der Waals surface area contributed by atoms with Crippen molar-refractivity contribution in [1.29, 1.82) is 0 Å². The van der Waals surface area contributed by atoms with Crippen LogP contribution in [-0.4, -0.2) is 69.4 Å². The number of carbonyl (C=O) groups is 1. The smallest absolute Gasteiger partial charge is 0.253 e. The number of aryl methyl sites for hydroxylation is 1. The van der Waals surface area contributed by atoms with Crippen LogP contribution in [0.4, 0.5) is 0 Å². The highest BCUT2D eigenvalue weighted by Crippen LogP contribution is 2.14. The zero-order valence-electron chi connectivity index (χ0n) is 15.6. The van der Waals surface area contributed by atoms with E-state index in [1.807, 2.05) is 21.0 Å². The van der Waals surface area contributed by atoms with Crippen LogP contribution in [0.5, 0.6) is 0 Å². The summed E-state index contributed by atoms with van der Waals surface area (Å²) < 4.78 is 25.8. The van der Waals surface area contributed by atoms with Crippen molar-refractivity contribution in [2.24, 2.45) is 0 Å². The lowest BCUT2D eigenvalue weighted by molar-refractivity contribution is -0.121. The summed E-state index contributed by atoms with van der Waals surface area (Å²) in [5.74, 6) is -0.513. The van der Waals surface area contributed by atoms with E-state index in [2.05, 4.69) is 21.1 Å². The molecule has 0 radical (unpaired) electrons. The standard InChI is InChI=1S/C16H27N5O3S2/c1-13-6-8-14(9-7-13)26(23,24)21(4)12-15(22)18-19-16(25)17-10-5-11-20(2)3/h6-9H,5,10-12H2,1-4H3,(H,18,22)(H2,17,19,25). The number of hydrogen-bond donors (Lipinski definition) is 3. The average molecular weight is 402 g/mol. The van der Waals surface area contributed by atoms with E-state index in [0.717, 1.165) is 22.8 Å². The quantitative estimate of drug-likeness (QED) is 0.322. The molecule has 1 aromatic rings. The Bertz CT molecular complexity index is 705. The molecular formula is C16H27N5O3S2. The molecule has 10 heteroatoms. The second kappa shape index (κ2) is 10.4. The molecule has 0 saturated carbocycles. The van der Waals surface area contributed by atoms with Gasteiger partial charge in [-0.3, -0.25) is 15.6 Å². The summed E-state index contributed by atoms with van der Waals surface area (Å²) in [6.07, 6.45) is 0.903. The highest BCUT2D eigenvalue weighted by atomic mass is 32.2. The fourth-order valence-corrected chi connectivity index (χ4v) is 3.27. The van der Waals surface area contributed by atoms with Crippen LogP contribution in [0, 0.1) is 6.92 Å². The van der Waals surface area contributed by atoms with E-state index in [4.69, 9.17) is 12.2 Å². The van der Waals surface area contributed by atoms with Gasteiger partial charge in [-0.2, -0.15) is 4.31 Å². The largest absolute Gasteiger partial charge is 0.361 e. The van der Waals surface area contributed by atoms with E-state index in [1.54, 1.807) is 12.1 Å². The Hall–Kier alpha value is -1.75. The Labute approximate surface area is 161 Å². The second-order valence-corrected chi connectivity index (χ2v) is 8.61. The Morgan fingerprint density at radius 1 is 1.12 bits per heavy atom. The maximum absolute atomic E-state index is 12.4. The number of amides is 1. The molecule has 0 aliphatic heterocycles. The summed E-state index contributed by atoms with van der Waals surface area (Å²) in [4.78, 5) is 14.1. The molecule has 0 atom stereocenters. The predicted molar refractivity (Wildman–Crippen MR) is 106 cm³/mol. The van der Waals surface area contributed by atoms with Crippen molar-refractivity contribution in [2.45, 2.75) is 18.2 Å². The van der Waals surface area contributed by atoms with Crippen LogP contribution in [0.2, 0.25) is 0 Å². The fraction of sp³-hybridized carbons (Fsp3) is 0.500. The lowest BCUT2D eigenvalue weighted by Crippen LogP contribution is -2.50. The molecular weight excluding hydrogens is 374 g/mol. The molecule has 0 unspecified atom stereocenters. The fourth-order valence-electron chi connectivity index (χ4n) is 1.98. The minimum atomic E-state index is -3.72. The highest BCUT2D eigenvalue weighted by molar-refractivity contribution is 7.89. The molecule has 26 heavy (non-hydrogen) atoms. The molecule has 0 aromatic heterocycles. The van der Waals surface area contributed by atoms with Crippen LogP contribution in [-0.2, 0) is 14.8 Å². The molecule has 0 fully saturated rings. The maximum Gasteiger partial charge on any atom is 0.253 e. The van der Waals surface area contributed by atoms with Gasteiger partial charge in [0.25, 0.3) is 5.91 Å². The lowest BCUT2D eigenvalue weighted by atomic mass is 10.2. The molecule has 0 aliphatic rings. The number of hydrazine groups is 1. The zero-order valence-corrected chi connectivity index (χ0v) is 17.2. The SMILES string of the molecule is Cc1ccc(S(=O)(=O)N(C)CC(=O)NNC(=S)NCCCN(C)C)cc1. The molecule has 3 N–H and O–H groups in total. The van der Waals surface area contributed by atoms with Gasteiger partial charge in [-0.25, -0.2) is 8.42 Å². The van der Waals surface area contributed by atoms with Crippen LogP contribution >= 0.6 is 12.2 Å². The van der Waals surface area contributed by atoms with Crippen LogP contribution in [0.1, 0.15) is 12.0 Å². The van der Waals surface area contributed by atoms with Gasteiger partial charge < -0.3 is 10.2 Å². The number of likely N-dealkylation sites (N-methyl/N-ethyl adjacent to an activating group) is 1. The van der Waals surface area contributed by atoms with Crippen molar-refractivity contribution >= 4 is 33.3 Å². The molecule has 0 spiro atoms. The van der Waals surface area contributed by atoms with E-state index >= 15 is 0 Å². The molecule has 0 saturated heterocycles. The molecule has 1 rings (SSSR count). The molecule has 0 bridgehead atoms. The molecule has 1 aromatic carbocycles. The lowest BCUT2D eigenvalue weighted by Gasteiger charge is -2.18. The average Bonchev–Trinajstić information content (AvgIpc) is 2.57. The van der Waals surface area contributed by atoms with Gasteiger partial charge in [-0.1, -0.05) is 17.7 Å². The van der Waals surface area contributed by atoms with Gasteiger partial charge in [0.2, 0.25) is 10.0 Å². The molecule has 0 aliphatic carbocycles. The Kier molecular flexibility index (Phi) is 8.93. The molecule has 146 valence electrons. The van der Waals surface area contributed by atoms with Gasteiger partial charge in [-0.05, 0) is 58.3 Å². The summed E-state index contributed by atoms with van der Waals surface area (Å²) in [6, 6.07) is 6.46. The van der Waals surface area contributed by atoms with Gasteiger partial charge in [0.1, 0.15) is 0 Å². The Morgan fingerprint density at radius 2 is 1.73 bits per heavy atom. The van der Waals surface area contributed by atoms with Crippen molar-refractivity contribution < 1.29 is 13.2 Å². The Morgan fingerprint density at radius 3 is 2.31 bits per heavy atom. The third-order valence-electron chi connectivity index (χ3n) is 3.48. The zero-order chi connectivity index (χ0) is 19.7. The maximum atomic E-state index is 12.4. The third kappa shape index (κ3) is 7.65. The summed E-state index contributed by atoms with van der Waals surface area (Å²) in [6.45, 7) is 3.13. The number of carbonyl (C=O) groups excluding carboxylic acids is 1. The minimum absolute atomic E-state index is 0.143. The first-order valence-electron chi connectivity index (χ1n) is 8.13. The number of nitrogens with zero attached hydrogens (tertiary/aromatic N) is 2. The first-order valence-corrected chi connectivity index (χ1v) is 9.98. The first kappa shape index (κ1) is 22.3. The van der Waals surface area contributed by atoms with E-state index in [-0.39, 0.29) is 16.6 Å². The minimum Gasteiger partial charge on any atom is -0.361 e. The Balaban J connectivity index is 2.42. The van der Waals surface area contributed by atoms with Crippen LogP contribution in [0.3, 0.4) is 0 Å². The van der Waals surface area contributed by atoms with Crippen molar-refractivity contribution in [3.8, 4) is 0 Å². The van der Waals surface area contributed by atoms with Crippen molar-refractivity contribution in [1.82, 2.24) is 25.4 Å². The summed E-state index contributed by atoms with van der Waals surface area (Å²) in [7, 11) is 1.60. The number of nitrogens with one attached hydrogen (secondary N) is 3. The summed E-state index contributed by atoms with van der Waals surface area (Å²) >= 11 is 5.04. The number of benzene rings is 1. The summed E-state index contributed by atoms with van der Waals surface area (Å²) in [5.41, 5.74) is 5.91. The van der Waals surface area contributed by atoms with Gasteiger partial charge in [0.15, 0.2) is 5.11 Å². The van der Waals surface area contributed by atoms with Crippen LogP contribution < -0.4 is 16.2 Å².